The molecule has 6 fully saturated rings. The molecule has 47 heavy (non-hydrogen) atoms. The molecule has 6 aliphatic rings. The molecule has 3 saturated carbocycles. The minimum Gasteiger partial charge on any atom is -0.393 e. The van der Waals surface area contributed by atoms with E-state index in [0.29, 0.717) is 43.9 Å². The summed E-state index contributed by atoms with van der Waals surface area (Å²) in [6, 6.07) is 9.25. The topological polar surface area (TPSA) is 112 Å². The molecule has 3 heterocycles. The summed E-state index contributed by atoms with van der Waals surface area (Å²) in [5, 5.41) is 19.2. The van der Waals surface area contributed by atoms with E-state index in [1.807, 2.05) is 35.2 Å². The minimum atomic E-state index is -0.626. The summed E-state index contributed by atoms with van der Waals surface area (Å²) >= 11 is 0. The van der Waals surface area contributed by atoms with E-state index in [-0.39, 0.29) is 43.0 Å². The van der Waals surface area contributed by atoms with Crippen LogP contribution in [0.15, 0.2) is 43.0 Å². The number of benzene rings is 1. The Morgan fingerprint density at radius 2 is 1.74 bits per heavy atom. The number of nitrogens with one attached hydrogen (secondary N) is 2. The van der Waals surface area contributed by atoms with E-state index < -0.39 is 12.2 Å². The number of hydrazine groups is 2. The summed E-state index contributed by atoms with van der Waals surface area (Å²) < 4.78 is 0. The quantitative estimate of drug-likeness (QED) is 0.335. The highest BCUT2D eigenvalue weighted by atomic mass is 16.3. The number of amides is 4. The maximum atomic E-state index is 14.5. The van der Waals surface area contributed by atoms with Crippen molar-refractivity contribution in [1.29, 1.82) is 0 Å². The first-order chi connectivity index (χ1) is 22.9. The lowest BCUT2D eigenvalue weighted by molar-refractivity contribution is -0.191. The fourth-order valence-corrected chi connectivity index (χ4v) is 9.02. The van der Waals surface area contributed by atoms with Crippen LogP contribution >= 0.6 is 0 Å². The van der Waals surface area contributed by atoms with Gasteiger partial charge in [0.05, 0.1) is 19.2 Å². The summed E-state index contributed by atoms with van der Waals surface area (Å²) in [5.41, 5.74) is 4.85. The molecule has 11 heteroatoms. The van der Waals surface area contributed by atoms with Crippen LogP contribution in [0.2, 0.25) is 0 Å². The van der Waals surface area contributed by atoms with Crippen molar-refractivity contribution >= 4 is 17.8 Å². The lowest BCUT2D eigenvalue weighted by atomic mass is 9.77. The highest BCUT2D eigenvalue weighted by molar-refractivity contribution is 5.91. The number of carbonyl (C=O) groups is 3. The first kappa shape index (κ1) is 32.6. The van der Waals surface area contributed by atoms with E-state index in [2.05, 4.69) is 22.3 Å². The summed E-state index contributed by atoms with van der Waals surface area (Å²) in [4.78, 5) is 46.3. The van der Waals surface area contributed by atoms with Crippen molar-refractivity contribution in [3.8, 4) is 0 Å². The Hall–Kier alpha value is -2.99. The van der Waals surface area contributed by atoms with Gasteiger partial charge in [-0.25, -0.2) is 19.8 Å². The standard InChI is InChI=1S/C36H53N7O4/c1-2-17-41-24-33(45)42-31(18-25-13-15-30(44)16-14-25)35(46)39(23-32(42)43(41)36(47)37-19-26-7-4-3-5-8-26)21-28-9-6-10-29-22-40(38-34(28)29)20-27-11-12-27/h2-5,7-8,25,27-32,34,38,44H,1,6,9-24H2,(H,37,47)/t25?,28?,29?,30?,31-,32-,34?/m0/s1. The van der Waals surface area contributed by atoms with E-state index in [1.54, 1.807) is 21.0 Å². The summed E-state index contributed by atoms with van der Waals surface area (Å²) in [6.45, 7) is 7.76. The highest BCUT2D eigenvalue weighted by Crippen LogP contribution is 2.39. The average molecular weight is 648 g/mol. The molecule has 7 rings (SSSR count). The molecule has 0 spiro atoms. The van der Waals surface area contributed by atoms with Gasteiger partial charge in [-0.2, -0.15) is 0 Å². The second-order valence-electron chi connectivity index (χ2n) is 15.0. The van der Waals surface area contributed by atoms with Gasteiger partial charge in [-0.15, -0.1) is 6.58 Å². The van der Waals surface area contributed by atoms with Crippen LogP contribution in [0.3, 0.4) is 0 Å². The predicted octanol–water partition coefficient (Wildman–Crippen LogP) is 2.94. The summed E-state index contributed by atoms with van der Waals surface area (Å²) in [5.74, 6) is 1.87. The number of hydrogen-bond acceptors (Lipinski definition) is 7. The number of aliphatic hydroxyl groups excluding tert-OH is 1. The van der Waals surface area contributed by atoms with E-state index in [0.717, 1.165) is 63.1 Å². The monoisotopic (exact) mass is 647 g/mol. The molecule has 1 aromatic rings. The van der Waals surface area contributed by atoms with Gasteiger partial charge in [0, 0.05) is 38.8 Å². The van der Waals surface area contributed by atoms with Crippen LogP contribution in [0.1, 0.15) is 69.8 Å². The SMILES string of the molecule is C=CCN1CC(=O)N2[C@@H](CC3CCC(O)CC3)C(=O)N(CC3CCCC4CN(CC5CC5)NC43)C[C@@H]2N1C(=O)NCc1ccccc1. The smallest absolute Gasteiger partial charge is 0.334 e. The molecular formula is C36H53N7O4. The molecule has 1 aromatic carbocycles. The van der Waals surface area contributed by atoms with Crippen LogP contribution in [0.4, 0.5) is 4.79 Å². The molecular weight excluding hydrogens is 594 g/mol. The first-order valence-electron chi connectivity index (χ1n) is 18.1. The zero-order valence-electron chi connectivity index (χ0n) is 27.7. The van der Waals surface area contributed by atoms with Crippen LogP contribution in [0.25, 0.3) is 0 Å². The number of nitrogens with zero attached hydrogens (tertiary/aromatic N) is 5. The lowest BCUT2D eigenvalue weighted by Gasteiger charge is -2.56. The van der Waals surface area contributed by atoms with Gasteiger partial charge in [0.2, 0.25) is 11.8 Å². The highest BCUT2D eigenvalue weighted by Gasteiger charge is 2.53. The second-order valence-corrected chi connectivity index (χ2v) is 15.0. The molecule has 5 atom stereocenters. The van der Waals surface area contributed by atoms with E-state index >= 15 is 0 Å². The number of aliphatic hydroxyl groups is 1. The molecule has 256 valence electrons. The van der Waals surface area contributed by atoms with Crippen molar-refractivity contribution in [2.24, 2.45) is 23.7 Å². The third kappa shape index (κ3) is 7.23. The number of piperazine rings is 1. The summed E-state index contributed by atoms with van der Waals surface area (Å²) in [6.07, 6.45) is 10.6. The van der Waals surface area contributed by atoms with Crippen molar-refractivity contribution in [1.82, 2.24) is 35.6 Å². The maximum Gasteiger partial charge on any atom is 0.334 e. The molecule has 3 saturated heterocycles. The Bertz CT molecular complexity index is 1290. The van der Waals surface area contributed by atoms with Crippen molar-refractivity contribution in [3.63, 3.8) is 0 Å². The van der Waals surface area contributed by atoms with Crippen molar-refractivity contribution in [2.45, 2.75) is 95.1 Å². The van der Waals surface area contributed by atoms with Crippen molar-refractivity contribution < 1.29 is 19.5 Å². The average Bonchev–Trinajstić information content (AvgIpc) is 3.78. The Morgan fingerprint density at radius 3 is 2.49 bits per heavy atom. The van der Waals surface area contributed by atoms with Gasteiger partial charge in [-0.05, 0) is 87.0 Å². The first-order valence-corrected chi connectivity index (χ1v) is 18.1. The fraction of sp³-hybridized carbons (Fsp3) is 0.694. The van der Waals surface area contributed by atoms with Gasteiger partial charge in [-0.3, -0.25) is 15.0 Å². The number of rotatable bonds is 10. The van der Waals surface area contributed by atoms with Crippen LogP contribution in [-0.4, -0.2) is 111 Å². The molecule has 0 aromatic heterocycles. The van der Waals surface area contributed by atoms with Gasteiger partial charge >= 0.3 is 6.03 Å². The molecule has 0 bridgehead atoms. The zero-order valence-corrected chi connectivity index (χ0v) is 27.7. The number of hydrogen-bond donors (Lipinski definition) is 3. The Balaban J connectivity index is 1.15. The number of urea groups is 1. The van der Waals surface area contributed by atoms with Crippen LogP contribution in [0.5, 0.6) is 0 Å². The molecule has 3 N–H and O–H groups in total. The third-order valence-corrected chi connectivity index (χ3v) is 11.6. The number of carbonyl (C=O) groups excluding carboxylic acids is 3. The van der Waals surface area contributed by atoms with Crippen molar-refractivity contribution in [2.75, 3.05) is 39.3 Å². The van der Waals surface area contributed by atoms with Gasteiger partial charge < -0.3 is 20.2 Å². The van der Waals surface area contributed by atoms with E-state index in [9.17, 15) is 19.5 Å². The van der Waals surface area contributed by atoms with E-state index in [1.165, 1.54) is 19.3 Å². The largest absolute Gasteiger partial charge is 0.393 e. The molecule has 0 radical (unpaired) electrons. The van der Waals surface area contributed by atoms with Gasteiger partial charge in [0.15, 0.2) is 0 Å². The number of fused-ring (bicyclic) bond motifs is 2. The maximum absolute atomic E-state index is 14.5. The molecule has 3 aliphatic heterocycles. The Labute approximate surface area is 279 Å². The second kappa shape index (κ2) is 14.2. The summed E-state index contributed by atoms with van der Waals surface area (Å²) in [7, 11) is 0. The fourth-order valence-electron chi connectivity index (χ4n) is 9.02. The molecule has 3 unspecified atom stereocenters. The van der Waals surface area contributed by atoms with Crippen LogP contribution < -0.4 is 10.7 Å². The third-order valence-electron chi connectivity index (χ3n) is 11.6. The Kier molecular flexibility index (Phi) is 9.86. The lowest BCUT2D eigenvalue weighted by Crippen LogP contribution is -2.76. The van der Waals surface area contributed by atoms with Gasteiger partial charge in [0.1, 0.15) is 12.2 Å². The van der Waals surface area contributed by atoms with Gasteiger partial charge in [-0.1, -0.05) is 42.8 Å². The molecule has 3 aliphatic carbocycles. The van der Waals surface area contributed by atoms with E-state index in [4.69, 9.17) is 0 Å². The normalized spacial score (nSPS) is 33.5. The van der Waals surface area contributed by atoms with Crippen LogP contribution in [-0.2, 0) is 16.1 Å². The predicted molar refractivity (Wildman–Crippen MR) is 178 cm³/mol. The van der Waals surface area contributed by atoms with Crippen LogP contribution in [0, 0.1) is 23.7 Å². The molecule has 4 amide bonds. The minimum absolute atomic E-state index is 0.0116. The Morgan fingerprint density at radius 1 is 0.979 bits per heavy atom. The van der Waals surface area contributed by atoms with Crippen molar-refractivity contribution in [3.05, 3.63) is 48.6 Å². The van der Waals surface area contributed by atoms with Gasteiger partial charge in [0.25, 0.3) is 0 Å². The molecule has 11 nitrogen and oxygen atoms in total. The zero-order chi connectivity index (χ0) is 32.5.